The van der Waals surface area contributed by atoms with E-state index in [0.29, 0.717) is 25.3 Å². The van der Waals surface area contributed by atoms with Gasteiger partial charge in [0.05, 0.1) is 6.61 Å². The van der Waals surface area contributed by atoms with Crippen molar-refractivity contribution in [3.8, 4) is 5.75 Å². The zero-order valence-electron chi connectivity index (χ0n) is 12.9. The monoisotopic (exact) mass is 359 g/mol. The Morgan fingerprint density at radius 2 is 1.52 bits per heavy atom. The Balaban J connectivity index is 2.01. The van der Waals surface area contributed by atoms with Gasteiger partial charge in [-0.15, -0.1) is 0 Å². The van der Waals surface area contributed by atoms with E-state index in [-0.39, 0.29) is 0 Å². The molecule has 0 aromatic heterocycles. The van der Waals surface area contributed by atoms with Gasteiger partial charge < -0.3 is 14.8 Å². The molecule has 0 amide bonds. The highest BCUT2D eigenvalue weighted by Gasteiger charge is 2.33. The van der Waals surface area contributed by atoms with Gasteiger partial charge in [-0.3, -0.25) is 0 Å². The Bertz CT molecular complexity index is 721. The van der Waals surface area contributed by atoms with Crippen LogP contribution in [0.5, 0.6) is 5.75 Å². The number of hydrogen-bond donors (Lipinski definition) is 1. The second-order valence-electron chi connectivity index (χ2n) is 5.46. The fourth-order valence-electron chi connectivity index (χ4n) is 2.60. The van der Waals surface area contributed by atoms with Crippen molar-refractivity contribution in [3.05, 3.63) is 65.0 Å². The zero-order chi connectivity index (χ0) is 18.0. The van der Waals surface area contributed by atoms with E-state index in [9.17, 15) is 22.0 Å². The average Bonchev–Trinajstić information content (AvgIpc) is 2.66. The summed E-state index contributed by atoms with van der Waals surface area (Å²) >= 11 is 0. The molecule has 1 aliphatic rings. The van der Waals surface area contributed by atoms with Crippen LogP contribution in [0.25, 0.3) is 0 Å². The number of nitrogens with one attached hydrogen (secondary N) is 1. The molecule has 3 rings (SSSR count). The number of benzene rings is 2. The molecule has 1 fully saturated rings. The summed E-state index contributed by atoms with van der Waals surface area (Å²) in [6.07, 6.45) is -1.71. The Morgan fingerprint density at radius 1 is 0.920 bits per heavy atom. The van der Waals surface area contributed by atoms with Crippen molar-refractivity contribution in [1.29, 1.82) is 0 Å². The van der Waals surface area contributed by atoms with Crippen molar-refractivity contribution in [2.24, 2.45) is 0 Å². The van der Waals surface area contributed by atoms with Crippen LogP contribution in [-0.2, 0) is 4.74 Å². The first-order chi connectivity index (χ1) is 12.0. The number of rotatable bonds is 4. The number of halogens is 5. The second kappa shape index (κ2) is 7.37. The van der Waals surface area contributed by atoms with Crippen LogP contribution in [0.4, 0.5) is 22.0 Å². The average molecular weight is 359 g/mol. The molecule has 2 atom stereocenters. The Hall–Kier alpha value is -2.19. The predicted octanol–water partition coefficient (Wildman–Crippen LogP) is 3.49. The van der Waals surface area contributed by atoms with Gasteiger partial charge in [0.2, 0.25) is 29.1 Å². The molecule has 0 bridgehead atoms. The lowest BCUT2D eigenvalue weighted by atomic mass is 10.0. The molecule has 0 unspecified atom stereocenters. The van der Waals surface area contributed by atoms with E-state index >= 15 is 0 Å². The van der Waals surface area contributed by atoms with Crippen molar-refractivity contribution in [2.45, 2.75) is 12.2 Å². The van der Waals surface area contributed by atoms with Gasteiger partial charge in [0.25, 0.3) is 0 Å². The lowest BCUT2D eigenvalue weighted by Gasteiger charge is -2.31. The predicted molar refractivity (Wildman–Crippen MR) is 78.7 cm³/mol. The largest absolute Gasteiger partial charge is 0.477 e. The third kappa shape index (κ3) is 3.45. The Morgan fingerprint density at radius 3 is 2.08 bits per heavy atom. The SMILES string of the molecule is Fc1c(F)c(F)c(O[C@@H](c2ccccc2)[C@@H]2CNCCO2)c(F)c1F. The Labute approximate surface area is 140 Å². The van der Waals surface area contributed by atoms with Crippen LogP contribution in [0.3, 0.4) is 0 Å². The third-order valence-corrected chi connectivity index (χ3v) is 3.84. The quantitative estimate of drug-likeness (QED) is 0.515. The first-order valence-electron chi connectivity index (χ1n) is 7.56. The fourth-order valence-corrected chi connectivity index (χ4v) is 2.60. The maximum absolute atomic E-state index is 13.9. The van der Waals surface area contributed by atoms with Gasteiger partial charge in [-0.1, -0.05) is 30.3 Å². The molecule has 1 aliphatic heterocycles. The van der Waals surface area contributed by atoms with Crippen LogP contribution in [0.2, 0.25) is 0 Å². The van der Waals surface area contributed by atoms with Gasteiger partial charge >= 0.3 is 0 Å². The van der Waals surface area contributed by atoms with Crippen LogP contribution >= 0.6 is 0 Å². The molecule has 0 radical (unpaired) electrons. The van der Waals surface area contributed by atoms with E-state index in [0.717, 1.165) is 0 Å². The lowest BCUT2D eigenvalue weighted by molar-refractivity contribution is -0.0458. The normalized spacial score (nSPS) is 18.8. The number of hydrogen-bond acceptors (Lipinski definition) is 3. The number of morpholine rings is 1. The molecule has 0 aliphatic carbocycles. The molecule has 0 saturated carbocycles. The molecule has 1 heterocycles. The van der Waals surface area contributed by atoms with E-state index in [1.807, 2.05) is 0 Å². The lowest BCUT2D eigenvalue weighted by Crippen LogP contribution is -2.43. The standard InChI is InChI=1S/C17H14F5NO2/c18-11-12(19)14(21)17(15(22)13(11)20)25-16(9-4-2-1-3-5-9)10-8-23-6-7-24-10/h1-5,10,16,23H,6-8H2/t10-,16-/m0/s1. The van der Waals surface area contributed by atoms with Crippen LogP contribution < -0.4 is 10.1 Å². The molecule has 134 valence electrons. The molecular weight excluding hydrogens is 345 g/mol. The molecule has 1 N–H and O–H groups in total. The van der Waals surface area contributed by atoms with Gasteiger partial charge in [0, 0.05) is 13.1 Å². The van der Waals surface area contributed by atoms with Crippen molar-refractivity contribution in [3.63, 3.8) is 0 Å². The minimum atomic E-state index is -2.23. The van der Waals surface area contributed by atoms with Gasteiger partial charge in [-0.25, -0.2) is 13.2 Å². The summed E-state index contributed by atoms with van der Waals surface area (Å²) in [4.78, 5) is 0. The summed E-state index contributed by atoms with van der Waals surface area (Å²) in [5.74, 6) is -11.7. The van der Waals surface area contributed by atoms with Crippen LogP contribution in [-0.4, -0.2) is 25.8 Å². The smallest absolute Gasteiger partial charge is 0.207 e. The highest BCUT2D eigenvalue weighted by atomic mass is 19.2. The van der Waals surface area contributed by atoms with Gasteiger partial charge in [0.15, 0.2) is 11.9 Å². The second-order valence-corrected chi connectivity index (χ2v) is 5.46. The van der Waals surface area contributed by atoms with E-state index in [1.54, 1.807) is 30.3 Å². The van der Waals surface area contributed by atoms with Crippen LogP contribution in [0.1, 0.15) is 11.7 Å². The minimum absolute atomic E-state index is 0.301. The summed E-state index contributed by atoms with van der Waals surface area (Å²) < 4.78 is 78.7. The highest BCUT2D eigenvalue weighted by molar-refractivity contribution is 5.31. The maximum atomic E-state index is 13.9. The summed E-state index contributed by atoms with van der Waals surface area (Å²) in [7, 11) is 0. The Kier molecular flexibility index (Phi) is 5.19. The molecular formula is C17H14F5NO2. The van der Waals surface area contributed by atoms with Crippen LogP contribution in [0, 0.1) is 29.1 Å². The first kappa shape index (κ1) is 17.6. The van der Waals surface area contributed by atoms with Gasteiger partial charge in [-0.05, 0) is 5.56 Å². The van der Waals surface area contributed by atoms with E-state index < -0.39 is 47.0 Å². The third-order valence-electron chi connectivity index (χ3n) is 3.84. The van der Waals surface area contributed by atoms with E-state index in [2.05, 4.69) is 5.32 Å². The van der Waals surface area contributed by atoms with E-state index in [1.165, 1.54) is 0 Å². The van der Waals surface area contributed by atoms with Gasteiger partial charge in [-0.2, -0.15) is 8.78 Å². The molecule has 8 heteroatoms. The van der Waals surface area contributed by atoms with Crippen molar-refractivity contribution in [1.82, 2.24) is 5.32 Å². The topological polar surface area (TPSA) is 30.5 Å². The molecule has 3 nitrogen and oxygen atoms in total. The van der Waals surface area contributed by atoms with Crippen LogP contribution in [0.15, 0.2) is 30.3 Å². The highest BCUT2D eigenvalue weighted by Crippen LogP contribution is 2.34. The summed E-state index contributed by atoms with van der Waals surface area (Å²) in [6.45, 7) is 1.21. The molecule has 1 saturated heterocycles. The zero-order valence-corrected chi connectivity index (χ0v) is 12.9. The molecule has 25 heavy (non-hydrogen) atoms. The van der Waals surface area contributed by atoms with E-state index in [4.69, 9.17) is 9.47 Å². The molecule has 2 aromatic carbocycles. The first-order valence-corrected chi connectivity index (χ1v) is 7.56. The van der Waals surface area contributed by atoms with Crippen molar-refractivity contribution < 1.29 is 31.4 Å². The summed E-state index contributed by atoms with van der Waals surface area (Å²) in [6, 6.07) is 8.29. The molecule has 2 aromatic rings. The maximum Gasteiger partial charge on any atom is 0.207 e. The minimum Gasteiger partial charge on any atom is -0.477 e. The number of ether oxygens (including phenoxy) is 2. The van der Waals surface area contributed by atoms with Gasteiger partial charge in [0.1, 0.15) is 6.10 Å². The van der Waals surface area contributed by atoms with Crippen molar-refractivity contribution >= 4 is 0 Å². The molecule has 0 spiro atoms. The summed E-state index contributed by atoms with van der Waals surface area (Å²) in [5, 5.41) is 3.03. The van der Waals surface area contributed by atoms with Crippen molar-refractivity contribution in [2.75, 3.05) is 19.7 Å². The summed E-state index contributed by atoms with van der Waals surface area (Å²) in [5.41, 5.74) is 0.486. The fraction of sp³-hybridized carbons (Fsp3) is 0.294.